The molecule has 0 bridgehead atoms. The van der Waals surface area contributed by atoms with Crippen LogP contribution in [-0.4, -0.2) is 18.3 Å². The SMILES string of the molecule is OCC1(CNc2ccc(Br)c(Cl)c2)CCCCC1. The van der Waals surface area contributed by atoms with Crippen molar-refractivity contribution in [3.8, 4) is 0 Å². The fourth-order valence-corrected chi connectivity index (χ4v) is 3.02. The van der Waals surface area contributed by atoms with Crippen molar-refractivity contribution in [2.75, 3.05) is 18.5 Å². The lowest BCUT2D eigenvalue weighted by atomic mass is 9.74. The van der Waals surface area contributed by atoms with Crippen LogP contribution in [0, 0.1) is 5.41 Å². The fraction of sp³-hybridized carbons (Fsp3) is 0.571. The number of aliphatic hydroxyl groups excluding tert-OH is 1. The molecule has 0 atom stereocenters. The lowest BCUT2D eigenvalue weighted by molar-refractivity contribution is 0.0944. The molecule has 0 heterocycles. The third-order valence-electron chi connectivity index (χ3n) is 3.84. The number of benzene rings is 1. The number of nitrogens with one attached hydrogen (secondary N) is 1. The molecule has 100 valence electrons. The largest absolute Gasteiger partial charge is 0.396 e. The number of aliphatic hydroxyl groups is 1. The molecule has 0 aliphatic heterocycles. The third-order valence-corrected chi connectivity index (χ3v) is 5.07. The van der Waals surface area contributed by atoms with Crippen LogP contribution in [-0.2, 0) is 0 Å². The summed E-state index contributed by atoms with van der Waals surface area (Å²) in [6.45, 7) is 1.09. The second kappa shape index (κ2) is 6.27. The van der Waals surface area contributed by atoms with E-state index in [2.05, 4.69) is 21.2 Å². The summed E-state index contributed by atoms with van der Waals surface area (Å²) in [5.74, 6) is 0. The first kappa shape index (κ1) is 14.2. The first-order valence-corrected chi connectivity index (χ1v) is 7.62. The van der Waals surface area contributed by atoms with E-state index in [1.54, 1.807) is 0 Å². The van der Waals surface area contributed by atoms with Gasteiger partial charge in [-0.05, 0) is 47.0 Å². The Kier molecular flexibility index (Phi) is 4.93. The van der Waals surface area contributed by atoms with E-state index in [1.807, 2.05) is 18.2 Å². The maximum Gasteiger partial charge on any atom is 0.0568 e. The average Bonchev–Trinajstić information content (AvgIpc) is 2.41. The summed E-state index contributed by atoms with van der Waals surface area (Å²) in [5.41, 5.74) is 1.07. The summed E-state index contributed by atoms with van der Waals surface area (Å²) in [6.07, 6.45) is 5.97. The predicted molar refractivity (Wildman–Crippen MR) is 80.2 cm³/mol. The van der Waals surface area contributed by atoms with Gasteiger partial charge in [0.05, 0.1) is 11.6 Å². The Balaban J connectivity index is 1.98. The molecule has 0 saturated heterocycles. The summed E-state index contributed by atoms with van der Waals surface area (Å²) in [4.78, 5) is 0. The molecule has 0 aromatic heterocycles. The van der Waals surface area contributed by atoms with Crippen molar-refractivity contribution in [2.45, 2.75) is 32.1 Å². The summed E-state index contributed by atoms with van der Waals surface area (Å²) < 4.78 is 0.907. The molecule has 1 aliphatic rings. The van der Waals surface area contributed by atoms with E-state index in [1.165, 1.54) is 19.3 Å². The molecular formula is C14H19BrClNO. The van der Waals surface area contributed by atoms with Crippen molar-refractivity contribution in [1.82, 2.24) is 0 Å². The van der Waals surface area contributed by atoms with Gasteiger partial charge in [-0.2, -0.15) is 0 Å². The fourth-order valence-electron chi connectivity index (χ4n) is 2.59. The van der Waals surface area contributed by atoms with E-state index < -0.39 is 0 Å². The van der Waals surface area contributed by atoms with Gasteiger partial charge < -0.3 is 10.4 Å². The number of rotatable bonds is 4. The molecule has 1 saturated carbocycles. The van der Waals surface area contributed by atoms with Crippen molar-refractivity contribution in [1.29, 1.82) is 0 Å². The van der Waals surface area contributed by atoms with Crippen molar-refractivity contribution in [2.24, 2.45) is 5.41 Å². The van der Waals surface area contributed by atoms with Gasteiger partial charge in [-0.25, -0.2) is 0 Å². The Hall–Kier alpha value is -0.250. The molecule has 4 heteroatoms. The molecule has 0 radical (unpaired) electrons. The average molecular weight is 333 g/mol. The zero-order valence-corrected chi connectivity index (χ0v) is 12.7. The molecule has 0 spiro atoms. The lowest BCUT2D eigenvalue weighted by Gasteiger charge is -2.36. The molecule has 18 heavy (non-hydrogen) atoms. The van der Waals surface area contributed by atoms with Crippen LogP contribution in [0.5, 0.6) is 0 Å². The Morgan fingerprint density at radius 3 is 2.61 bits per heavy atom. The summed E-state index contributed by atoms with van der Waals surface area (Å²) in [7, 11) is 0. The summed E-state index contributed by atoms with van der Waals surface area (Å²) in [5, 5.41) is 13.8. The lowest BCUT2D eigenvalue weighted by Crippen LogP contribution is -2.35. The van der Waals surface area contributed by atoms with E-state index in [9.17, 15) is 5.11 Å². The van der Waals surface area contributed by atoms with Crippen LogP contribution in [0.25, 0.3) is 0 Å². The highest BCUT2D eigenvalue weighted by molar-refractivity contribution is 9.10. The maximum absolute atomic E-state index is 9.64. The second-order valence-electron chi connectivity index (χ2n) is 5.20. The Morgan fingerprint density at radius 2 is 2.00 bits per heavy atom. The van der Waals surface area contributed by atoms with Crippen LogP contribution in [0.4, 0.5) is 5.69 Å². The highest BCUT2D eigenvalue weighted by Gasteiger charge is 2.31. The van der Waals surface area contributed by atoms with Gasteiger partial charge in [0.1, 0.15) is 0 Å². The summed E-state index contributed by atoms with van der Waals surface area (Å²) in [6, 6.07) is 5.86. The van der Waals surface area contributed by atoms with Gasteiger partial charge in [-0.3, -0.25) is 0 Å². The van der Waals surface area contributed by atoms with E-state index in [4.69, 9.17) is 11.6 Å². The van der Waals surface area contributed by atoms with E-state index in [0.717, 1.165) is 29.5 Å². The van der Waals surface area contributed by atoms with E-state index in [-0.39, 0.29) is 12.0 Å². The molecule has 1 aromatic carbocycles. The quantitative estimate of drug-likeness (QED) is 0.853. The molecule has 1 aliphatic carbocycles. The highest BCUT2D eigenvalue weighted by atomic mass is 79.9. The van der Waals surface area contributed by atoms with Crippen molar-refractivity contribution in [3.05, 3.63) is 27.7 Å². The monoisotopic (exact) mass is 331 g/mol. The van der Waals surface area contributed by atoms with Gasteiger partial charge in [0.2, 0.25) is 0 Å². The minimum absolute atomic E-state index is 0.0534. The standard InChI is InChI=1S/C14H19BrClNO/c15-12-5-4-11(8-13(12)16)17-9-14(10-18)6-2-1-3-7-14/h4-5,8,17-18H,1-3,6-7,9-10H2. The van der Waals surface area contributed by atoms with Crippen LogP contribution in [0.3, 0.4) is 0 Å². The normalized spacial score (nSPS) is 18.6. The van der Waals surface area contributed by atoms with Crippen LogP contribution >= 0.6 is 27.5 Å². The highest BCUT2D eigenvalue weighted by Crippen LogP contribution is 2.36. The van der Waals surface area contributed by atoms with Crippen LogP contribution in [0.15, 0.2) is 22.7 Å². The van der Waals surface area contributed by atoms with Crippen molar-refractivity contribution in [3.63, 3.8) is 0 Å². The molecule has 0 unspecified atom stereocenters. The Labute approximate surface area is 122 Å². The number of hydrogen-bond acceptors (Lipinski definition) is 2. The van der Waals surface area contributed by atoms with Crippen LogP contribution in [0.2, 0.25) is 5.02 Å². The maximum atomic E-state index is 9.64. The molecular weight excluding hydrogens is 314 g/mol. The minimum atomic E-state index is 0.0534. The first-order chi connectivity index (χ1) is 8.65. The summed E-state index contributed by atoms with van der Waals surface area (Å²) >= 11 is 9.45. The van der Waals surface area contributed by atoms with Gasteiger partial charge in [0, 0.05) is 22.1 Å². The van der Waals surface area contributed by atoms with E-state index in [0.29, 0.717) is 5.02 Å². The molecule has 1 fully saturated rings. The smallest absolute Gasteiger partial charge is 0.0568 e. The zero-order valence-electron chi connectivity index (χ0n) is 10.4. The zero-order chi connectivity index (χ0) is 13.0. The van der Waals surface area contributed by atoms with Crippen molar-refractivity contribution >= 4 is 33.2 Å². The predicted octanol–water partition coefficient (Wildman–Crippen LogP) is 4.46. The van der Waals surface area contributed by atoms with Gasteiger partial charge >= 0.3 is 0 Å². The first-order valence-electron chi connectivity index (χ1n) is 6.45. The molecule has 2 rings (SSSR count). The number of halogens is 2. The Bertz CT molecular complexity index is 405. The van der Waals surface area contributed by atoms with Gasteiger partial charge in [-0.1, -0.05) is 30.9 Å². The number of hydrogen-bond donors (Lipinski definition) is 2. The second-order valence-corrected chi connectivity index (χ2v) is 6.46. The van der Waals surface area contributed by atoms with Gasteiger partial charge in [0.25, 0.3) is 0 Å². The topological polar surface area (TPSA) is 32.3 Å². The molecule has 2 N–H and O–H groups in total. The molecule has 1 aromatic rings. The van der Waals surface area contributed by atoms with E-state index >= 15 is 0 Å². The minimum Gasteiger partial charge on any atom is -0.396 e. The third kappa shape index (κ3) is 3.40. The van der Waals surface area contributed by atoms with Crippen molar-refractivity contribution < 1.29 is 5.11 Å². The molecule has 0 amide bonds. The van der Waals surface area contributed by atoms with Gasteiger partial charge in [0.15, 0.2) is 0 Å². The number of anilines is 1. The molecule has 2 nitrogen and oxygen atoms in total. The van der Waals surface area contributed by atoms with Crippen LogP contribution < -0.4 is 5.32 Å². The Morgan fingerprint density at radius 1 is 1.28 bits per heavy atom. The van der Waals surface area contributed by atoms with Gasteiger partial charge in [-0.15, -0.1) is 0 Å². The van der Waals surface area contributed by atoms with Crippen LogP contribution in [0.1, 0.15) is 32.1 Å².